The van der Waals surface area contributed by atoms with Gasteiger partial charge in [0.2, 0.25) is 0 Å². The molecule has 124 valence electrons. The third kappa shape index (κ3) is 2.38. The summed E-state index contributed by atoms with van der Waals surface area (Å²) in [6, 6.07) is 16.3. The molecule has 0 saturated carbocycles. The van der Waals surface area contributed by atoms with Crippen LogP contribution in [0, 0.1) is 5.92 Å². The normalized spacial score (nSPS) is 24.0. The van der Waals surface area contributed by atoms with Crippen molar-refractivity contribution >= 4 is 5.97 Å². The number of carbonyl (C=O) groups is 1. The summed E-state index contributed by atoms with van der Waals surface area (Å²) in [5, 5.41) is 0. The number of hydrogen-bond acceptors (Lipinski definition) is 4. The van der Waals surface area contributed by atoms with Crippen molar-refractivity contribution in [2.45, 2.75) is 18.9 Å². The summed E-state index contributed by atoms with van der Waals surface area (Å²) in [4.78, 5) is 14.8. The minimum absolute atomic E-state index is 0.122. The first-order chi connectivity index (χ1) is 11.7. The highest BCUT2D eigenvalue weighted by atomic mass is 16.5. The Hall–Kier alpha value is -2.33. The molecule has 0 amide bonds. The van der Waals surface area contributed by atoms with E-state index in [1.807, 2.05) is 24.3 Å². The van der Waals surface area contributed by atoms with E-state index in [0.717, 1.165) is 24.4 Å². The van der Waals surface area contributed by atoms with Gasteiger partial charge in [0.25, 0.3) is 0 Å². The quantitative estimate of drug-likeness (QED) is 0.641. The summed E-state index contributed by atoms with van der Waals surface area (Å²) in [6.07, 6.45) is 0. The fraction of sp³-hybridized carbons (Fsp3) is 0.350. The van der Waals surface area contributed by atoms with Crippen LogP contribution >= 0.6 is 0 Å². The first-order valence-corrected chi connectivity index (χ1v) is 8.36. The lowest BCUT2D eigenvalue weighted by atomic mass is 9.86. The number of carbonyl (C=O) groups excluding carboxylic acids is 1. The molecule has 2 aromatic rings. The van der Waals surface area contributed by atoms with Crippen molar-refractivity contribution < 1.29 is 14.3 Å². The molecule has 4 nitrogen and oxygen atoms in total. The molecular weight excluding hydrogens is 302 g/mol. The second-order valence-corrected chi connectivity index (χ2v) is 6.55. The Kier molecular flexibility index (Phi) is 3.77. The van der Waals surface area contributed by atoms with Gasteiger partial charge in [-0.3, -0.25) is 9.69 Å². The van der Waals surface area contributed by atoms with E-state index < -0.39 is 0 Å². The molecule has 4 rings (SSSR count). The third-order valence-corrected chi connectivity index (χ3v) is 5.31. The Morgan fingerprint density at radius 2 is 1.83 bits per heavy atom. The Morgan fingerprint density at radius 3 is 2.58 bits per heavy atom. The zero-order valence-electron chi connectivity index (χ0n) is 13.9. The number of methoxy groups -OCH3 is 1. The zero-order valence-corrected chi connectivity index (χ0v) is 13.9. The number of ether oxygens (including phenoxy) is 2. The van der Waals surface area contributed by atoms with E-state index in [0.29, 0.717) is 5.75 Å². The van der Waals surface area contributed by atoms with Crippen molar-refractivity contribution in [3.05, 3.63) is 59.7 Å². The standard InChI is InChI=1S/C20H21NO3/c1-13(14-7-4-3-5-8-14)21-11-15-16(12-21)20(22)24-18-10-6-9-17(23-2)19(15)18/h3-10,13,15-16H,11-12H2,1-2H3/t13-,15-,16+/m1/s1. The van der Waals surface area contributed by atoms with E-state index in [4.69, 9.17) is 9.47 Å². The lowest BCUT2D eigenvalue weighted by Gasteiger charge is -2.27. The van der Waals surface area contributed by atoms with Crippen LogP contribution in [-0.2, 0) is 4.79 Å². The number of fused-ring (bicyclic) bond motifs is 3. The highest BCUT2D eigenvalue weighted by Gasteiger charge is 2.46. The second kappa shape index (κ2) is 5.95. The van der Waals surface area contributed by atoms with E-state index in [2.05, 4.69) is 36.1 Å². The highest BCUT2D eigenvalue weighted by Crippen LogP contribution is 2.47. The Balaban J connectivity index is 1.67. The van der Waals surface area contributed by atoms with Crippen LogP contribution in [0.15, 0.2) is 48.5 Å². The summed E-state index contributed by atoms with van der Waals surface area (Å²) in [6.45, 7) is 3.75. The van der Waals surface area contributed by atoms with Gasteiger partial charge >= 0.3 is 5.97 Å². The summed E-state index contributed by atoms with van der Waals surface area (Å²) in [7, 11) is 1.67. The fourth-order valence-corrected chi connectivity index (χ4v) is 3.96. The summed E-state index contributed by atoms with van der Waals surface area (Å²) in [5.41, 5.74) is 2.30. The van der Waals surface area contributed by atoms with E-state index in [1.54, 1.807) is 7.11 Å². The van der Waals surface area contributed by atoms with Crippen molar-refractivity contribution in [3.8, 4) is 11.5 Å². The first-order valence-electron chi connectivity index (χ1n) is 8.36. The average molecular weight is 323 g/mol. The van der Waals surface area contributed by atoms with Crippen molar-refractivity contribution in [2.24, 2.45) is 5.92 Å². The monoisotopic (exact) mass is 323 g/mol. The molecular formula is C20H21NO3. The smallest absolute Gasteiger partial charge is 0.316 e. The molecule has 0 aromatic heterocycles. The van der Waals surface area contributed by atoms with Gasteiger partial charge in [0, 0.05) is 30.6 Å². The molecule has 0 aliphatic carbocycles. The molecule has 2 aliphatic rings. The van der Waals surface area contributed by atoms with Gasteiger partial charge in [0.1, 0.15) is 11.5 Å². The predicted octanol–water partition coefficient (Wildman–Crippen LogP) is 3.39. The molecule has 0 N–H and O–H groups in total. The average Bonchev–Trinajstić information content (AvgIpc) is 3.07. The molecule has 3 atom stereocenters. The van der Waals surface area contributed by atoms with Crippen LogP contribution in [0.25, 0.3) is 0 Å². The van der Waals surface area contributed by atoms with Gasteiger partial charge in [-0.05, 0) is 24.6 Å². The third-order valence-electron chi connectivity index (χ3n) is 5.31. The zero-order chi connectivity index (χ0) is 16.7. The largest absolute Gasteiger partial charge is 0.496 e. The Morgan fingerprint density at radius 1 is 1.08 bits per heavy atom. The molecule has 1 fully saturated rings. The van der Waals surface area contributed by atoms with E-state index in [-0.39, 0.29) is 23.8 Å². The van der Waals surface area contributed by atoms with Crippen LogP contribution in [0.4, 0.5) is 0 Å². The van der Waals surface area contributed by atoms with Crippen LogP contribution in [0.2, 0.25) is 0 Å². The highest BCUT2D eigenvalue weighted by molar-refractivity contribution is 5.81. The first kappa shape index (κ1) is 15.2. The van der Waals surface area contributed by atoms with Crippen LogP contribution in [0.3, 0.4) is 0 Å². The minimum atomic E-state index is -0.125. The van der Waals surface area contributed by atoms with Crippen molar-refractivity contribution in [3.63, 3.8) is 0 Å². The van der Waals surface area contributed by atoms with Gasteiger partial charge < -0.3 is 9.47 Å². The maximum atomic E-state index is 12.5. The number of nitrogens with zero attached hydrogens (tertiary/aromatic N) is 1. The number of hydrogen-bond donors (Lipinski definition) is 0. The molecule has 4 heteroatoms. The van der Waals surface area contributed by atoms with E-state index in [9.17, 15) is 4.79 Å². The summed E-state index contributed by atoms with van der Waals surface area (Å²) in [5.74, 6) is 1.34. The predicted molar refractivity (Wildman–Crippen MR) is 91.3 cm³/mol. The summed E-state index contributed by atoms with van der Waals surface area (Å²) >= 11 is 0. The van der Waals surface area contributed by atoms with Gasteiger partial charge in [-0.25, -0.2) is 0 Å². The lowest BCUT2D eigenvalue weighted by molar-refractivity contribution is -0.140. The van der Waals surface area contributed by atoms with Crippen LogP contribution < -0.4 is 9.47 Å². The van der Waals surface area contributed by atoms with Crippen molar-refractivity contribution in [1.29, 1.82) is 0 Å². The molecule has 24 heavy (non-hydrogen) atoms. The fourth-order valence-electron chi connectivity index (χ4n) is 3.96. The molecule has 2 heterocycles. The van der Waals surface area contributed by atoms with E-state index in [1.165, 1.54) is 5.56 Å². The molecule has 2 aromatic carbocycles. The molecule has 0 bridgehead atoms. The second-order valence-electron chi connectivity index (χ2n) is 6.55. The van der Waals surface area contributed by atoms with Crippen molar-refractivity contribution in [1.82, 2.24) is 4.90 Å². The summed E-state index contributed by atoms with van der Waals surface area (Å²) < 4.78 is 11.1. The molecule has 2 aliphatic heterocycles. The topological polar surface area (TPSA) is 38.8 Å². The van der Waals surface area contributed by atoms with Gasteiger partial charge in [0.15, 0.2) is 0 Å². The SMILES string of the molecule is COc1cccc2c1[C@@H]1CN([C@H](C)c3ccccc3)C[C@@H]1C(=O)O2. The van der Waals surface area contributed by atoms with Crippen LogP contribution in [-0.4, -0.2) is 31.1 Å². The Bertz CT molecular complexity index is 759. The van der Waals surface area contributed by atoms with Crippen LogP contribution in [0.1, 0.15) is 30.0 Å². The van der Waals surface area contributed by atoms with E-state index >= 15 is 0 Å². The number of esters is 1. The number of likely N-dealkylation sites (tertiary alicyclic amines) is 1. The van der Waals surface area contributed by atoms with Gasteiger partial charge in [0.05, 0.1) is 13.0 Å². The van der Waals surface area contributed by atoms with Gasteiger partial charge in [-0.2, -0.15) is 0 Å². The maximum absolute atomic E-state index is 12.5. The van der Waals surface area contributed by atoms with Crippen molar-refractivity contribution in [2.75, 3.05) is 20.2 Å². The Labute approximate surface area is 142 Å². The lowest BCUT2D eigenvalue weighted by Crippen LogP contribution is -2.31. The minimum Gasteiger partial charge on any atom is -0.496 e. The number of rotatable bonds is 3. The maximum Gasteiger partial charge on any atom is 0.316 e. The molecule has 1 saturated heterocycles. The van der Waals surface area contributed by atoms with Gasteiger partial charge in [-0.15, -0.1) is 0 Å². The van der Waals surface area contributed by atoms with Crippen LogP contribution in [0.5, 0.6) is 11.5 Å². The van der Waals surface area contributed by atoms with Gasteiger partial charge in [-0.1, -0.05) is 36.4 Å². The molecule has 0 radical (unpaired) electrons. The molecule has 0 unspecified atom stereocenters. The number of benzene rings is 2. The molecule has 0 spiro atoms.